The van der Waals surface area contributed by atoms with Gasteiger partial charge in [0.2, 0.25) is 0 Å². The van der Waals surface area contributed by atoms with Crippen LogP contribution in [0.1, 0.15) is 20.8 Å². The Kier molecular flexibility index (Phi) is 3.85. The van der Waals surface area contributed by atoms with Crippen molar-refractivity contribution in [3.63, 3.8) is 0 Å². The van der Waals surface area contributed by atoms with Crippen LogP contribution in [0.3, 0.4) is 0 Å². The Morgan fingerprint density at radius 3 is 2.17 bits per heavy atom. The number of non-ortho nitro benzene ring substituents is 1. The summed E-state index contributed by atoms with van der Waals surface area (Å²) in [6, 6.07) is 1.26. The lowest BCUT2D eigenvalue weighted by molar-refractivity contribution is -0.385. The minimum absolute atomic E-state index is 0.494. The average molecular weight is 260 g/mol. The molecular weight excluding hydrogens is 246 g/mol. The van der Waals surface area contributed by atoms with Crippen molar-refractivity contribution >= 4 is 11.4 Å². The van der Waals surface area contributed by atoms with E-state index in [2.05, 4.69) is 5.32 Å². The monoisotopic (exact) mass is 260 g/mol. The maximum atomic E-state index is 13.6. The molecule has 2 N–H and O–H groups in total. The number of nitrogens with zero attached hydrogens (tertiary/aromatic N) is 1. The molecule has 1 aromatic rings. The molecule has 0 aliphatic rings. The second-order valence-electron chi connectivity index (χ2n) is 4.56. The summed E-state index contributed by atoms with van der Waals surface area (Å²) in [5.41, 5.74) is -2.13. The predicted octanol–water partition coefficient (Wildman–Crippen LogP) is 2.44. The molecular formula is C11H14F2N2O3. The van der Waals surface area contributed by atoms with E-state index in [1.54, 1.807) is 13.8 Å². The molecule has 0 bridgehead atoms. The highest BCUT2D eigenvalue weighted by Crippen LogP contribution is 2.28. The van der Waals surface area contributed by atoms with Crippen LogP contribution in [-0.2, 0) is 0 Å². The third-order valence-electron chi connectivity index (χ3n) is 2.73. The Morgan fingerprint density at radius 1 is 1.39 bits per heavy atom. The van der Waals surface area contributed by atoms with Gasteiger partial charge in [-0.3, -0.25) is 10.1 Å². The summed E-state index contributed by atoms with van der Waals surface area (Å²) in [6.07, 6.45) is -0.869. The second-order valence-corrected chi connectivity index (χ2v) is 4.56. The van der Waals surface area contributed by atoms with E-state index in [0.717, 1.165) is 0 Å². The quantitative estimate of drug-likeness (QED) is 0.644. The molecule has 0 radical (unpaired) electrons. The zero-order chi connectivity index (χ0) is 14.1. The van der Waals surface area contributed by atoms with E-state index < -0.39 is 39.6 Å². The molecule has 0 spiro atoms. The summed E-state index contributed by atoms with van der Waals surface area (Å²) in [4.78, 5) is 9.54. The van der Waals surface area contributed by atoms with Gasteiger partial charge in [-0.1, -0.05) is 0 Å². The van der Waals surface area contributed by atoms with Gasteiger partial charge in [-0.25, -0.2) is 8.78 Å². The van der Waals surface area contributed by atoms with Gasteiger partial charge >= 0.3 is 0 Å². The van der Waals surface area contributed by atoms with E-state index in [-0.39, 0.29) is 0 Å². The molecule has 7 heteroatoms. The van der Waals surface area contributed by atoms with Gasteiger partial charge in [0.25, 0.3) is 5.69 Å². The standard InChI is InChI=1S/C11H14F2N2O3/c1-6(16)11(2,3)14-10-8(12)4-7(15(17)18)5-9(10)13/h4-6,14,16H,1-3H3. The smallest absolute Gasteiger partial charge is 0.275 e. The molecule has 0 aliphatic heterocycles. The SMILES string of the molecule is CC(O)C(C)(C)Nc1c(F)cc([N+](=O)[O-])cc1F. The second kappa shape index (κ2) is 4.85. The molecule has 0 saturated heterocycles. The minimum atomic E-state index is -1.07. The van der Waals surface area contributed by atoms with Gasteiger partial charge in [-0.15, -0.1) is 0 Å². The van der Waals surface area contributed by atoms with Gasteiger partial charge in [0.15, 0.2) is 11.6 Å². The van der Waals surface area contributed by atoms with Crippen LogP contribution < -0.4 is 5.32 Å². The Labute approximate surface area is 103 Å². The zero-order valence-corrected chi connectivity index (χ0v) is 10.2. The van der Waals surface area contributed by atoms with Crippen LogP contribution >= 0.6 is 0 Å². The number of rotatable bonds is 4. The topological polar surface area (TPSA) is 75.4 Å². The van der Waals surface area contributed by atoms with Gasteiger partial charge < -0.3 is 10.4 Å². The molecule has 0 aliphatic carbocycles. The molecule has 18 heavy (non-hydrogen) atoms. The van der Waals surface area contributed by atoms with Crippen molar-refractivity contribution in [2.45, 2.75) is 32.4 Å². The van der Waals surface area contributed by atoms with Crippen LogP contribution in [-0.4, -0.2) is 21.7 Å². The summed E-state index contributed by atoms with van der Waals surface area (Å²) >= 11 is 0. The molecule has 100 valence electrons. The number of hydrogen-bond donors (Lipinski definition) is 2. The van der Waals surface area contributed by atoms with Crippen LogP contribution in [0.2, 0.25) is 0 Å². The molecule has 0 saturated carbocycles. The predicted molar refractivity (Wildman–Crippen MR) is 62.4 cm³/mol. The van der Waals surface area contributed by atoms with Crippen molar-refractivity contribution in [3.8, 4) is 0 Å². The first-order valence-electron chi connectivity index (χ1n) is 5.25. The number of hydrogen-bond acceptors (Lipinski definition) is 4. The zero-order valence-electron chi connectivity index (χ0n) is 10.2. The van der Waals surface area contributed by atoms with Gasteiger partial charge in [-0.2, -0.15) is 0 Å². The number of aliphatic hydroxyl groups excluding tert-OH is 1. The Morgan fingerprint density at radius 2 is 1.83 bits per heavy atom. The summed E-state index contributed by atoms with van der Waals surface area (Å²) in [5.74, 6) is -2.15. The van der Waals surface area contributed by atoms with E-state index in [4.69, 9.17) is 0 Å². The van der Waals surface area contributed by atoms with Gasteiger partial charge in [-0.05, 0) is 20.8 Å². The highest BCUT2D eigenvalue weighted by atomic mass is 19.1. The Bertz CT molecular complexity index is 452. The third kappa shape index (κ3) is 2.92. The maximum Gasteiger partial charge on any atom is 0.275 e. The molecule has 1 aromatic carbocycles. The lowest BCUT2D eigenvalue weighted by Crippen LogP contribution is -2.42. The molecule has 1 unspecified atom stereocenters. The van der Waals surface area contributed by atoms with Gasteiger partial charge in [0.1, 0.15) is 5.69 Å². The molecule has 1 rings (SSSR count). The van der Waals surface area contributed by atoms with Crippen molar-refractivity contribution in [2.75, 3.05) is 5.32 Å². The van der Waals surface area contributed by atoms with Crippen molar-refractivity contribution in [2.24, 2.45) is 0 Å². The summed E-state index contributed by atoms with van der Waals surface area (Å²) < 4.78 is 27.2. The normalized spacial score (nSPS) is 13.2. The first-order valence-corrected chi connectivity index (χ1v) is 5.25. The van der Waals surface area contributed by atoms with Crippen LogP contribution in [0.25, 0.3) is 0 Å². The van der Waals surface area contributed by atoms with E-state index in [9.17, 15) is 24.0 Å². The largest absolute Gasteiger partial charge is 0.391 e. The molecule has 0 fully saturated rings. The lowest BCUT2D eigenvalue weighted by atomic mass is 9.98. The van der Waals surface area contributed by atoms with E-state index in [0.29, 0.717) is 12.1 Å². The molecule has 5 nitrogen and oxygen atoms in total. The number of benzene rings is 1. The number of anilines is 1. The van der Waals surface area contributed by atoms with Crippen molar-refractivity contribution in [1.29, 1.82) is 0 Å². The minimum Gasteiger partial charge on any atom is -0.391 e. The molecule has 0 amide bonds. The Hall–Kier alpha value is -1.76. The van der Waals surface area contributed by atoms with Crippen molar-refractivity contribution in [1.82, 2.24) is 0 Å². The Balaban J connectivity index is 3.16. The number of aliphatic hydroxyl groups is 1. The number of nitro groups is 1. The summed E-state index contributed by atoms with van der Waals surface area (Å²) in [7, 11) is 0. The number of nitrogens with one attached hydrogen (secondary N) is 1. The van der Waals surface area contributed by atoms with Crippen LogP contribution in [0.5, 0.6) is 0 Å². The van der Waals surface area contributed by atoms with E-state index in [1.807, 2.05) is 0 Å². The fourth-order valence-corrected chi connectivity index (χ4v) is 1.21. The van der Waals surface area contributed by atoms with Crippen molar-refractivity contribution in [3.05, 3.63) is 33.9 Å². The number of nitro benzene ring substituents is 1. The summed E-state index contributed by atoms with van der Waals surface area (Å²) in [6.45, 7) is 4.57. The van der Waals surface area contributed by atoms with E-state index in [1.165, 1.54) is 6.92 Å². The van der Waals surface area contributed by atoms with Gasteiger partial charge in [0, 0.05) is 0 Å². The maximum absolute atomic E-state index is 13.6. The first kappa shape index (κ1) is 14.3. The van der Waals surface area contributed by atoms with Crippen LogP contribution in [0.4, 0.5) is 20.2 Å². The average Bonchev–Trinajstić information content (AvgIpc) is 2.22. The van der Waals surface area contributed by atoms with Crippen LogP contribution in [0, 0.1) is 21.7 Å². The fraction of sp³-hybridized carbons (Fsp3) is 0.455. The third-order valence-corrected chi connectivity index (χ3v) is 2.73. The first-order chi connectivity index (χ1) is 8.15. The summed E-state index contributed by atoms with van der Waals surface area (Å²) in [5, 5.41) is 22.4. The van der Waals surface area contributed by atoms with Crippen molar-refractivity contribution < 1.29 is 18.8 Å². The van der Waals surface area contributed by atoms with Crippen LogP contribution in [0.15, 0.2) is 12.1 Å². The lowest BCUT2D eigenvalue weighted by Gasteiger charge is -2.30. The van der Waals surface area contributed by atoms with E-state index >= 15 is 0 Å². The number of halogens is 2. The molecule has 0 heterocycles. The molecule has 0 aromatic heterocycles. The highest BCUT2D eigenvalue weighted by molar-refractivity contribution is 5.53. The molecule has 1 atom stereocenters. The fourth-order valence-electron chi connectivity index (χ4n) is 1.21. The van der Waals surface area contributed by atoms with Gasteiger partial charge in [0.05, 0.1) is 28.7 Å². The highest BCUT2D eigenvalue weighted by Gasteiger charge is 2.27.